The molecule has 1 fully saturated rings. The number of halogens is 2. The third-order valence-corrected chi connectivity index (χ3v) is 5.72. The lowest BCUT2D eigenvalue weighted by Crippen LogP contribution is -2.51. The Morgan fingerprint density at radius 3 is 2.41 bits per heavy atom. The van der Waals surface area contributed by atoms with Crippen molar-refractivity contribution in [2.45, 2.75) is 0 Å². The Hall–Kier alpha value is -2.16. The van der Waals surface area contributed by atoms with E-state index in [1.807, 2.05) is 11.0 Å². The number of carbonyl (C=O) groups is 1. The van der Waals surface area contributed by atoms with E-state index >= 15 is 0 Å². The maximum atomic E-state index is 12.5. The molecule has 10 heteroatoms. The number of hydrogen-bond donors (Lipinski definition) is 1. The van der Waals surface area contributed by atoms with Crippen molar-refractivity contribution in [1.29, 1.82) is 0 Å². The van der Waals surface area contributed by atoms with Crippen LogP contribution in [0.2, 0.25) is 10.0 Å². The van der Waals surface area contributed by atoms with Gasteiger partial charge >= 0.3 is 0 Å². The highest BCUT2D eigenvalue weighted by Gasteiger charge is 2.24. The van der Waals surface area contributed by atoms with Crippen molar-refractivity contribution in [3.05, 3.63) is 52.5 Å². The highest BCUT2D eigenvalue weighted by Crippen LogP contribution is 2.28. The zero-order valence-corrected chi connectivity index (χ0v) is 18.1. The molecule has 0 bridgehead atoms. The topological polar surface area (TPSA) is 79.0 Å². The molecule has 0 aliphatic carbocycles. The summed E-state index contributed by atoms with van der Waals surface area (Å²) in [5.74, 6) is 0.615. The van der Waals surface area contributed by atoms with Gasteiger partial charge in [0.15, 0.2) is 0 Å². The van der Waals surface area contributed by atoms with Crippen molar-refractivity contribution in [1.82, 2.24) is 4.90 Å². The third kappa shape index (κ3) is 6.16. The second-order valence-corrected chi connectivity index (χ2v) is 9.21. The standard InChI is InChI=1S/C19H21Cl2N3O4S/c1-29(26,27)22-14-2-5-16(6-3-14)28-11-10-23-8-9-24(13-19(23)25)15-4-7-17(20)18(21)12-15/h2-7,12,22H,8-11,13H2,1H3. The van der Waals surface area contributed by atoms with E-state index in [2.05, 4.69) is 4.72 Å². The number of sulfonamides is 1. The summed E-state index contributed by atoms with van der Waals surface area (Å²) in [6, 6.07) is 11.9. The Morgan fingerprint density at radius 1 is 1.07 bits per heavy atom. The average molecular weight is 458 g/mol. The van der Waals surface area contributed by atoms with Gasteiger partial charge in [-0.2, -0.15) is 0 Å². The van der Waals surface area contributed by atoms with E-state index in [0.29, 0.717) is 47.7 Å². The van der Waals surface area contributed by atoms with Crippen LogP contribution in [0.3, 0.4) is 0 Å². The first-order valence-corrected chi connectivity index (χ1v) is 11.5. The summed E-state index contributed by atoms with van der Waals surface area (Å²) < 4.78 is 30.5. The molecule has 0 saturated carbocycles. The number of hydrogen-bond acceptors (Lipinski definition) is 5. The molecule has 0 spiro atoms. The predicted molar refractivity (Wildman–Crippen MR) is 116 cm³/mol. The van der Waals surface area contributed by atoms with Crippen LogP contribution in [-0.4, -0.2) is 58.3 Å². The van der Waals surface area contributed by atoms with Crippen LogP contribution in [0.1, 0.15) is 0 Å². The van der Waals surface area contributed by atoms with Crippen LogP contribution in [0.5, 0.6) is 5.75 Å². The normalized spacial score (nSPS) is 14.8. The molecule has 1 saturated heterocycles. The fourth-order valence-corrected chi connectivity index (χ4v) is 3.81. The van der Waals surface area contributed by atoms with Gasteiger partial charge in [0.05, 0.1) is 29.4 Å². The predicted octanol–water partition coefficient (Wildman–Crippen LogP) is 3.09. The maximum Gasteiger partial charge on any atom is 0.242 e. The fourth-order valence-electron chi connectivity index (χ4n) is 2.95. The third-order valence-electron chi connectivity index (χ3n) is 4.37. The lowest BCUT2D eigenvalue weighted by molar-refractivity contribution is -0.131. The maximum absolute atomic E-state index is 12.5. The van der Waals surface area contributed by atoms with Crippen LogP contribution < -0.4 is 14.4 Å². The Kier molecular flexibility index (Phi) is 6.77. The molecule has 0 atom stereocenters. The Labute approximate surface area is 180 Å². The van der Waals surface area contributed by atoms with E-state index in [1.54, 1.807) is 41.3 Å². The number of amides is 1. The second kappa shape index (κ2) is 9.11. The number of carbonyl (C=O) groups excluding carboxylic acids is 1. The first-order valence-electron chi connectivity index (χ1n) is 8.90. The van der Waals surface area contributed by atoms with Crippen LogP contribution >= 0.6 is 23.2 Å². The summed E-state index contributed by atoms with van der Waals surface area (Å²) >= 11 is 12.0. The van der Waals surface area contributed by atoms with E-state index in [9.17, 15) is 13.2 Å². The van der Waals surface area contributed by atoms with Crippen molar-refractivity contribution >= 4 is 50.5 Å². The number of ether oxygens (including phenoxy) is 1. The fraction of sp³-hybridized carbons (Fsp3) is 0.316. The summed E-state index contributed by atoms with van der Waals surface area (Å²) in [5, 5.41) is 0.947. The zero-order chi connectivity index (χ0) is 21.0. The van der Waals surface area contributed by atoms with Gasteiger partial charge in [-0.3, -0.25) is 9.52 Å². The quantitative estimate of drug-likeness (QED) is 0.690. The van der Waals surface area contributed by atoms with Gasteiger partial charge in [0, 0.05) is 24.5 Å². The molecule has 1 N–H and O–H groups in total. The van der Waals surface area contributed by atoms with Crippen molar-refractivity contribution < 1.29 is 17.9 Å². The lowest BCUT2D eigenvalue weighted by atomic mass is 10.2. The molecule has 1 heterocycles. The number of benzene rings is 2. The molecular weight excluding hydrogens is 437 g/mol. The molecule has 156 valence electrons. The van der Waals surface area contributed by atoms with Crippen LogP contribution in [0.25, 0.3) is 0 Å². The minimum atomic E-state index is -3.31. The first kappa shape index (κ1) is 21.5. The number of anilines is 2. The highest BCUT2D eigenvalue weighted by molar-refractivity contribution is 7.92. The van der Waals surface area contributed by atoms with Crippen LogP contribution in [0, 0.1) is 0 Å². The van der Waals surface area contributed by atoms with Crippen molar-refractivity contribution in [2.75, 3.05) is 48.7 Å². The van der Waals surface area contributed by atoms with Gasteiger partial charge in [0.2, 0.25) is 15.9 Å². The van der Waals surface area contributed by atoms with Crippen molar-refractivity contribution in [2.24, 2.45) is 0 Å². The summed E-state index contributed by atoms with van der Waals surface area (Å²) in [6.45, 7) is 2.35. The Bertz CT molecular complexity index is 983. The van der Waals surface area contributed by atoms with E-state index in [1.165, 1.54) is 0 Å². The number of rotatable bonds is 7. The summed E-state index contributed by atoms with van der Waals surface area (Å²) in [7, 11) is -3.31. The van der Waals surface area contributed by atoms with E-state index in [0.717, 1.165) is 11.9 Å². The minimum absolute atomic E-state index is 0.0126. The summed E-state index contributed by atoms with van der Waals surface area (Å²) in [4.78, 5) is 16.2. The first-order chi connectivity index (χ1) is 13.7. The molecule has 2 aromatic carbocycles. The molecular formula is C19H21Cl2N3O4S. The Balaban J connectivity index is 1.47. The summed E-state index contributed by atoms with van der Waals surface area (Å²) in [6.07, 6.45) is 1.09. The monoisotopic (exact) mass is 457 g/mol. The van der Waals surface area contributed by atoms with Gasteiger partial charge < -0.3 is 14.5 Å². The molecule has 29 heavy (non-hydrogen) atoms. The van der Waals surface area contributed by atoms with Gasteiger partial charge in [0.1, 0.15) is 12.4 Å². The molecule has 0 radical (unpaired) electrons. The molecule has 7 nitrogen and oxygen atoms in total. The molecule has 1 aliphatic rings. The van der Waals surface area contributed by atoms with Crippen LogP contribution in [-0.2, 0) is 14.8 Å². The van der Waals surface area contributed by atoms with Crippen molar-refractivity contribution in [3.63, 3.8) is 0 Å². The van der Waals surface area contributed by atoms with Gasteiger partial charge in [0.25, 0.3) is 0 Å². The molecule has 2 aromatic rings. The largest absolute Gasteiger partial charge is 0.492 e. The van der Waals surface area contributed by atoms with Gasteiger partial charge in [-0.05, 0) is 42.5 Å². The van der Waals surface area contributed by atoms with E-state index in [-0.39, 0.29) is 12.5 Å². The zero-order valence-electron chi connectivity index (χ0n) is 15.8. The summed E-state index contributed by atoms with van der Waals surface area (Å²) in [5.41, 5.74) is 1.33. The highest BCUT2D eigenvalue weighted by atomic mass is 35.5. The van der Waals surface area contributed by atoms with Crippen molar-refractivity contribution in [3.8, 4) is 5.75 Å². The van der Waals surface area contributed by atoms with E-state index in [4.69, 9.17) is 27.9 Å². The SMILES string of the molecule is CS(=O)(=O)Nc1ccc(OCCN2CCN(c3ccc(Cl)c(Cl)c3)CC2=O)cc1. The number of nitrogens with zero attached hydrogens (tertiary/aromatic N) is 2. The Morgan fingerprint density at radius 2 is 1.79 bits per heavy atom. The van der Waals surface area contributed by atoms with Gasteiger partial charge in [-0.1, -0.05) is 23.2 Å². The smallest absolute Gasteiger partial charge is 0.242 e. The lowest BCUT2D eigenvalue weighted by Gasteiger charge is -2.35. The second-order valence-electron chi connectivity index (χ2n) is 6.65. The molecule has 3 rings (SSSR count). The number of piperazine rings is 1. The van der Waals surface area contributed by atoms with Gasteiger partial charge in [-0.25, -0.2) is 8.42 Å². The molecule has 1 aliphatic heterocycles. The molecule has 0 unspecified atom stereocenters. The minimum Gasteiger partial charge on any atom is -0.492 e. The molecule has 1 amide bonds. The molecule has 0 aromatic heterocycles. The van der Waals surface area contributed by atoms with Crippen LogP contribution in [0.4, 0.5) is 11.4 Å². The van der Waals surface area contributed by atoms with Crippen LogP contribution in [0.15, 0.2) is 42.5 Å². The average Bonchev–Trinajstić information content (AvgIpc) is 2.65. The number of nitrogens with one attached hydrogen (secondary N) is 1. The van der Waals surface area contributed by atoms with Gasteiger partial charge in [-0.15, -0.1) is 0 Å². The van der Waals surface area contributed by atoms with E-state index < -0.39 is 10.0 Å².